The van der Waals surface area contributed by atoms with Gasteiger partial charge in [0.25, 0.3) is 0 Å². The molecule has 0 spiro atoms. The van der Waals surface area contributed by atoms with Crippen LogP contribution in [0.1, 0.15) is 5.56 Å². The molecule has 0 radical (unpaired) electrons. The number of nitrogens with zero attached hydrogens (tertiary/aromatic N) is 1. The number of benzene rings is 1. The zero-order valence-electron chi connectivity index (χ0n) is 7.77. The van der Waals surface area contributed by atoms with Gasteiger partial charge in [-0.05, 0) is 17.7 Å². The Labute approximate surface area is 94.2 Å². The third-order valence-corrected chi connectivity index (χ3v) is 1.86. The molecule has 0 aliphatic heterocycles. The molecule has 0 aromatic heterocycles. The minimum Gasteiger partial charge on any atom is -0.433 e. The number of rotatable bonds is 4. The van der Waals surface area contributed by atoms with E-state index in [1.165, 1.54) is 24.3 Å². The van der Waals surface area contributed by atoms with Crippen molar-refractivity contribution >= 4 is 17.7 Å². The molecule has 0 unspecified atom stereocenters. The molecule has 16 heavy (non-hydrogen) atoms. The monoisotopic (exact) mass is 249 g/mol. The molecule has 86 valence electrons. The van der Waals surface area contributed by atoms with Crippen LogP contribution in [-0.2, 0) is 0 Å². The van der Waals surface area contributed by atoms with Crippen LogP contribution in [0.25, 0.3) is 6.08 Å². The topological polar surface area (TPSA) is 52.4 Å². The first-order valence-electron chi connectivity index (χ1n) is 4.05. The largest absolute Gasteiger partial charge is 0.433 e. The minimum atomic E-state index is -2.96. The Hall–Kier alpha value is -1.69. The van der Waals surface area contributed by atoms with Gasteiger partial charge in [-0.3, -0.25) is 10.1 Å². The van der Waals surface area contributed by atoms with Crippen LogP contribution in [0.4, 0.5) is 8.78 Å². The Morgan fingerprint density at radius 2 is 2.19 bits per heavy atom. The van der Waals surface area contributed by atoms with Crippen molar-refractivity contribution in [3.05, 3.63) is 45.1 Å². The van der Waals surface area contributed by atoms with E-state index in [1.54, 1.807) is 0 Å². The maximum Gasteiger partial charge on any atom is 0.387 e. The van der Waals surface area contributed by atoms with Gasteiger partial charge in [0.1, 0.15) is 5.75 Å². The average molecular weight is 250 g/mol. The SMILES string of the molecule is O=[N+]([O-])/C=C/c1ccc(OC(F)F)c(Cl)c1. The summed E-state index contributed by atoms with van der Waals surface area (Å²) >= 11 is 5.63. The van der Waals surface area contributed by atoms with E-state index in [2.05, 4.69) is 4.74 Å². The lowest BCUT2D eigenvalue weighted by molar-refractivity contribution is -0.400. The Bertz CT molecular complexity index is 423. The summed E-state index contributed by atoms with van der Waals surface area (Å²) in [6.07, 6.45) is 1.91. The summed E-state index contributed by atoms with van der Waals surface area (Å²) in [5, 5.41) is 10.00. The maximum atomic E-state index is 11.9. The van der Waals surface area contributed by atoms with Crippen LogP contribution in [0.5, 0.6) is 5.75 Å². The normalized spacial score (nSPS) is 11.0. The van der Waals surface area contributed by atoms with Crippen LogP contribution in [-0.4, -0.2) is 11.5 Å². The van der Waals surface area contributed by atoms with Crippen LogP contribution in [0.3, 0.4) is 0 Å². The Balaban J connectivity index is 2.86. The van der Waals surface area contributed by atoms with Crippen molar-refractivity contribution in [2.45, 2.75) is 6.61 Å². The van der Waals surface area contributed by atoms with Gasteiger partial charge in [-0.1, -0.05) is 17.7 Å². The fourth-order valence-electron chi connectivity index (χ4n) is 0.959. The molecular formula is C9H6ClF2NO3. The molecule has 4 nitrogen and oxygen atoms in total. The summed E-state index contributed by atoms with van der Waals surface area (Å²) in [6, 6.07) is 3.89. The number of halogens is 3. The number of hydrogen-bond donors (Lipinski definition) is 0. The van der Waals surface area contributed by atoms with Crippen molar-refractivity contribution in [2.24, 2.45) is 0 Å². The second-order valence-electron chi connectivity index (χ2n) is 2.67. The molecule has 1 aromatic carbocycles. The lowest BCUT2D eigenvalue weighted by Crippen LogP contribution is -2.02. The number of ether oxygens (including phenoxy) is 1. The maximum absolute atomic E-state index is 11.9. The molecule has 0 aliphatic carbocycles. The molecule has 0 fully saturated rings. The van der Waals surface area contributed by atoms with E-state index in [1.807, 2.05) is 0 Å². The highest BCUT2D eigenvalue weighted by Crippen LogP contribution is 2.27. The van der Waals surface area contributed by atoms with Gasteiger partial charge >= 0.3 is 6.61 Å². The van der Waals surface area contributed by atoms with E-state index in [-0.39, 0.29) is 10.8 Å². The molecule has 0 bridgehead atoms. The zero-order chi connectivity index (χ0) is 12.1. The van der Waals surface area contributed by atoms with Gasteiger partial charge in [-0.15, -0.1) is 0 Å². The van der Waals surface area contributed by atoms with Crippen LogP contribution < -0.4 is 4.74 Å². The summed E-state index contributed by atoms with van der Waals surface area (Å²) in [7, 11) is 0. The first kappa shape index (κ1) is 12.4. The fraction of sp³-hybridized carbons (Fsp3) is 0.111. The molecule has 0 N–H and O–H groups in total. The standard InChI is InChI=1S/C9H6ClF2NO3/c10-7-5-6(3-4-13(14)15)1-2-8(7)16-9(11)12/h1-5,9H/b4-3+. The van der Waals surface area contributed by atoms with E-state index < -0.39 is 11.5 Å². The van der Waals surface area contributed by atoms with Crippen molar-refractivity contribution in [1.29, 1.82) is 0 Å². The molecule has 0 heterocycles. The van der Waals surface area contributed by atoms with E-state index >= 15 is 0 Å². The third-order valence-electron chi connectivity index (χ3n) is 1.56. The Morgan fingerprint density at radius 1 is 1.50 bits per heavy atom. The van der Waals surface area contributed by atoms with Crippen molar-refractivity contribution in [3.63, 3.8) is 0 Å². The highest BCUT2D eigenvalue weighted by atomic mass is 35.5. The number of alkyl halides is 2. The third kappa shape index (κ3) is 3.82. The van der Waals surface area contributed by atoms with Crippen molar-refractivity contribution in [2.75, 3.05) is 0 Å². The fourth-order valence-corrected chi connectivity index (χ4v) is 1.19. The summed E-state index contributed by atoms with van der Waals surface area (Å²) in [4.78, 5) is 9.39. The molecule has 1 rings (SSSR count). The molecule has 0 atom stereocenters. The van der Waals surface area contributed by atoms with Crippen LogP contribution in [0.15, 0.2) is 24.4 Å². The highest BCUT2D eigenvalue weighted by Gasteiger charge is 2.08. The van der Waals surface area contributed by atoms with E-state index in [4.69, 9.17) is 11.6 Å². The molecule has 0 saturated heterocycles. The quantitative estimate of drug-likeness (QED) is 0.608. The molecular weight excluding hydrogens is 244 g/mol. The van der Waals surface area contributed by atoms with Gasteiger partial charge in [0.2, 0.25) is 6.20 Å². The predicted octanol–water partition coefficient (Wildman–Crippen LogP) is 3.19. The molecule has 1 aromatic rings. The first-order chi connectivity index (χ1) is 7.49. The Morgan fingerprint density at radius 3 is 2.69 bits per heavy atom. The lowest BCUT2D eigenvalue weighted by atomic mass is 10.2. The molecule has 0 aliphatic rings. The summed E-state index contributed by atoms with van der Waals surface area (Å²) < 4.78 is 27.8. The van der Waals surface area contributed by atoms with Crippen molar-refractivity contribution in [1.82, 2.24) is 0 Å². The van der Waals surface area contributed by atoms with Gasteiger partial charge < -0.3 is 4.74 Å². The van der Waals surface area contributed by atoms with Gasteiger partial charge in [0.15, 0.2) is 0 Å². The van der Waals surface area contributed by atoms with Crippen LogP contribution >= 0.6 is 11.6 Å². The van der Waals surface area contributed by atoms with Crippen molar-refractivity contribution < 1.29 is 18.4 Å². The summed E-state index contributed by atoms with van der Waals surface area (Å²) in [5.74, 6) is -0.171. The zero-order valence-corrected chi connectivity index (χ0v) is 8.53. The van der Waals surface area contributed by atoms with Gasteiger partial charge in [-0.25, -0.2) is 0 Å². The average Bonchev–Trinajstić information content (AvgIpc) is 2.18. The minimum absolute atomic E-state index is 0.0363. The van der Waals surface area contributed by atoms with Crippen molar-refractivity contribution in [3.8, 4) is 5.75 Å². The van der Waals surface area contributed by atoms with Crippen LogP contribution in [0, 0.1) is 10.1 Å². The summed E-state index contributed by atoms with van der Waals surface area (Å²) in [6.45, 7) is -2.96. The molecule has 0 saturated carbocycles. The van der Waals surface area contributed by atoms with E-state index in [9.17, 15) is 18.9 Å². The number of nitro groups is 1. The summed E-state index contributed by atoms with van der Waals surface area (Å²) in [5.41, 5.74) is 0.420. The predicted molar refractivity (Wildman–Crippen MR) is 54.1 cm³/mol. The van der Waals surface area contributed by atoms with Gasteiger partial charge in [0.05, 0.1) is 9.95 Å². The van der Waals surface area contributed by atoms with Gasteiger partial charge in [-0.2, -0.15) is 8.78 Å². The van der Waals surface area contributed by atoms with Crippen LogP contribution in [0.2, 0.25) is 5.02 Å². The second kappa shape index (κ2) is 5.41. The second-order valence-corrected chi connectivity index (χ2v) is 3.08. The smallest absolute Gasteiger partial charge is 0.387 e. The van der Waals surface area contributed by atoms with E-state index in [0.717, 1.165) is 6.20 Å². The van der Waals surface area contributed by atoms with Gasteiger partial charge in [0, 0.05) is 6.08 Å². The first-order valence-corrected chi connectivity index (χ1v) is 4.43. The molecule has 7 heteroatoms. The lowest BCUT2D eigenvalue weighted by Gasteiger charge is -2.06. The highest BCUT2D eigenvalue weighted by molar-refractivity contribution is 6.32. The number of hydrogen-bond acceptors (Lipinski definition) is 3. The Kier molecular flexibility index (Phi) is 4.19. The molecule has 0 amide bonds. The van der Waals surface area contributed by atoms with E-state index in [0.29, 0.717) is 5.56 Å².